The fourth-order valence-electron chi connectivity index (χ4n) is 3.18. The number of rotatable bonds is 3. The monoisotopic (exact) mass is 417 g/mol. The van der Waals surface area contributed by atoms with E-state index in [9.17, 15) is 4.79 Å². The van der Waals surface area contributed by atoms with Crippen molar-refractivity contribution >= 4 is 44.7 Å². The van der Waals surface area contributed by atoms with Gasteiger partial charge in [0.1, 0.15) is 0 Å². The molecule has 25 heavy (non-hydrogen) atoms. The molecule has 2 heterocycles. The van der Waals surface area contributed by atoms with Crippen molar-refractivity contribution in [2.45, 2.75) is 25.3 Å². The maximum absolute atomic E-state index is 13.1. The number of carbonyl (C=O) groups excluding carboxylic acids is 1. The van der Waals surface area contributed by atoms with Gasteiger partial charge in [-0.2, -0.15) is 0 Å². The van der Waals surface area contributed by atoms with Crippen molar-refractivity contribution in [2.75, 3.05) is 7.05 Å². The van der Waals surface area contributed by atoms with Crippen LogP contribution in [0, 0.1) is 5.41 Å². The summed E-state index contributed by atoms with van der Waals surface area (Å²) in [6, 6.07) is 9.97. The second-order valence-corrected chi connectivity index (χ2v) is 8.36. The first-order valence-corrected chi connectivity index (χ1v) is 9.56. The number of nitrogens with zero attached hydrogens (tertiary/aromatic N) is 1. The number of carbonyl (C=O) groups is 1. The second kappa shape index (κ2) is 6.42. The van der Waals surface area contributed by atoms with Crippen molar-refractivity contribution in [3.05, 3.63) is 62.8 Å². The Labute approximate surface area is 160 Å². The third-order valence-corrected chi connectivity index (χ3v) is 6.61. The average Bonchev–Trinajstić information content (AvgIpc) is 3.00. The Morgan fingerprint density at radius 3 is 2.56 bits per heavy atom. The standard InChI is InChI=1S/C19H20BrN3OS/c1-11(2)12-5-7-13(8-6-12)16-17(24)23(4)18(21)22-19(16,3)15-9-14(20)10-25-15/h5-10,16H,1H2,2-4H3,(H2,21,22)/t16?,19-/m1/s1. The highest BCUT2D eigenvalue weighted by molar-refractivity contribution is 9.10. The first-order chi connectivity index (χ1) is 11.7. The zero-order chi connectivity index (χ0) is 18.4. The van der Waals surface area contributed by atoms with E-state index in [1.165, 1.54) is 4.90 Å². The van der Waals surface area contributed by atoms with Gasteiger partial charge in [-0.3, -0.25) is 15.1 Å². The van der Waals surface area contributed by atoms with Gasteiger partial charge in [-0.05, 0) is 47.0 Å². The molecule has 130 valence electrons. The number of likely N-dealkylation sites (N-methyl/N-ethyl adjacent to an activating group) is 1. The topological polar surface area (TPSA) is 56.2 Å². The number of hydrogen-bond acceptors (Lipinski definition) is 3. The van der Waals surface area contributed by atoms with E-state index < -0.39 is 11.5 Å². The van der Waals surface area contributed by atoms with Gasteiger partial charge in [-0.1, -0.05) is 36.4 Å². The molecular weight excluding hydrogens is 398 g/mol. The molecule has 3 rings (SSSR count). The Kier molecular flexibility index (Phi) is 4.60. The highest BCUT2D eigenvalue weighted by Crippen LogP contribution is 2.43. The van der Waals surface area contributed by atoms with Crippen LogP contribution in [-0.4, -0.2) is 23.8 Å². The molecule has 2 atom stereocenters. The SMILES string of the molecule is C=C(C)c1ccc(C2C(=O)N(C)C(=N)N[C@]2(C)c2cc(Br)cs2)cc1. The smallest absolute Gasteiger partial charge is 0.239 e. The lowest BCUT2D eigenvalue weighted by Gasteiger charge is -2.45. The summed E-state index contributed by atoms with van der Waals surface area (Å²) in [6.07, 6.45) is 0. The molecular formula is C19H20BrN3OS. The lowest BCUT2D eigenvalue weighted by molar-refractivity contribution is -0.131. The van der Waals surface area contributed by atoms with Crippen LogP contribution in [0.3, 0.4) is 0 Å². The summed E-state index contributed by atoms with van der Waals surface area (Å²) >= 11 is 5.07. The molecule has 1 unspecified atom stereocenters. The Morgan fingerprint density at radius 1 is 1.40 bits per heavy atom. The summed E-state index contributed by atoms with van der Waals surface area (Å²) in [5, 5.41) is 13.4. The minimum absolute atomic E-state index is 0.0844. The summed E-state index contributed by atoms with van der Waals surface area (Å²) in [4.78, 5) is 15.5. The lowest BCUT2D eigenvalue weighted by atomic mass is 9.76. The van der Waals surface area contributed by atoms with Crippen molar-refractivity contribution < 1.29 is 4.79 Å². The number of halogens is 1. The van der Waals surface area contributed by atoms with Crippen molar-refractivity contribution in [3.63, 3.8) is 0 Å². The Morgan fingerprint density at radius 2 is 2.04 bits per heavy atom. The molecule has 1 aliphatic rings. The summed E-state index contributed by atoms with van der Waals surface area (Å²) < 4.78 is 0.977. The molecule has 6 heteroatoms. The molecule has 1 fully saturated rings. The van der Waals surface area contributed by atoms with E-state index in [1.54, 1.807) is 18.4 Å². The van der Waals surface area contributed by atoms with Gasteiger partial charge in [-0.15, -0.1) is 11.3 Å². The summed E-state index contributed by atoms with van der Waals surface area (Å²) in [5.41, 5.74) is 2.29. The van der Waals surface area contributed by atoms with E-state index in [4.69, 9.17) is 5.41 Å². The van der Waals surface area contributed by atoms with Crippen LogP contribution >= 0.6 is 27.3 Å². The molecule has 0 spiro atoms. The summed E-state index contributed by atoms with van der Waals surface area (Å²) in [6.45, 7) is 7.92. The van der Waals surface area contributed by atoms with Gasteiger partial charge in [0.2, 0.25) is 5.91 Å². The third-order valence-electron chi connectivity index (χ3n) is 4.68. The van der Waals surface area contributed by atoms with Gasteiger partial charge in [-0.25, -0.2) is 0 Å². The van der Waals surface area contributed by atoms with E-state index in [2.05, 4.69) is 27.8 Å². The molecule has 0 aliphatic carbocycles. The molecule has 0 radical (unpaired) electrons. The van der Waals surface area contributed by atoms with Gasteiger partial charge >= 0.3 is 0 Å². The first kappa shape index (κ1) is 17.9. The second-order valence-electron chi connectivity index (χ2n) is 6.54. The average molecular weight is 418 g/mol. The fourth-order valence-corrected chi connectivity index (χ4v) is 4.76. The highest BCUT2D eigenvalue weighted by Gasteiger charge is 2.49. The predicted molar refractivity (Wildman–Crippen MR) is 107 cm³/mol. The Balaban J connectivity index is 2.12. The minimum atomic E-state index is -0.678. The van der Waals surface area contributed by atoms with E-state index in [1.807, 2.05) is 49.6 Å². The number of benzene rings is 1. The summed E-state index contributed by atoms with van der Waals surface area (Å²) in [7, 11) is 1.64. The molecule has 1 aromatic carbocycles. The van der Waals surface area contributed by atoms with Crippen molar-refractivity contribution in [1.82, 2.24) is 10.2 Å². The fraction of sp³-hybridized carbons (Fsp3) is 0.263. The van der Waals surface area contributed by atoms with Crippen LogP contribution in [0.15, 0.2) is 46.8 Å². The van der Waals surface area contributed by atoms with Gasteiger partial charge in [0.25, 0.3) is 0 Å². The normalized spacial score (nSPS) is 23.5. The number of amides is 1. The number of nitrogens with one attached hydrogen (secondary N) is 2. The first-order valence-electron chi connectivity index (χ1n) is 7.88. The number of guanidine groups is 1. The zero-order valence-corrected chi connectivity index (χ0v) is 16.8. The van der Waals surface area contributed by atoms with Crippen molar-refractivity contribution in [3.8, 4) is 0 Å². The van der Waals surface area contributed by atoms with E-state index in [0.29, 0.717) is 0 Å². The van der Waals surface area contributed by atoms with Gasteiger partial charge in [0.05, 0.1) is 11.5 Å². The molecule has 0 bridgehead atoms. The van der Waals surface area contributed by atoms with E-state index >= 15 is 0 Å². The molecule has 4 nitrogen and oxygen atoms in total. The van der Waals surface area contributed by atoms with Crippen LogP contribution in [0.25, 0.3) is 5.57 Å². The van der Waals surface area contributed by atoms with Crippen LogP contribution in [0.5, 0.6) is 0 Å². The van der Waals surface area contributed by atoms with Crippen LogP contribution in [0.4, 0.5) is 0 Å². The lowest BCUT2D eigenvalue weighted by Crippen LogP contribution is -2.62. The molecule has 0 saturated carbocycles. The molecule has 1 aromatic heterocycles. The van der Waals surface area contributed by atoms with Crippen LogP contribution in [0.1, 0.15) is 35.8 Å². The van der Waals surface area contributed by atoms with Crippen molar-refractivity contribution in [2.24, 2.45) is 0 Å². The van der Waals surface area contributed by atoms with Crippen LogP contribution in [0.2, 0.25) is 0 Å². The highest BCUT2D eigenvalue weighted by atomic mass is 79.9. The Bertz CT molecular complexity index is 858. The predicted octanol–water partition coefficient (Wildman–Crippen LogP) is 4.54. The van der Waals surface area contributed by atoms with Gasteiger partial charge < -0.3 is 5.32 Å². The quantitative estimate of drug-likeness (QED) is 0.769. The van der Waals surface area contributed by atoms with E-state index in [0.717, 1.165) is 26.0 Å². The molecule has 1 aliphatic heterocycles. The summed E-state index contributed by atoms with van der Waals surface area (Å²) in [5.74, 6) is -0.387. The molecule has 2 aromatic rings. The van der Waals surface area contributed by atoms with Gasteiger partial charge in [0, 0.05) is 21.8 Å². The van der Waals surface area contributed by atoms with Crippen molar-refractivity contribution in [1.29, 1.82) is 5.41 Å². The minimum Gasteiger partial charge on any atom is -0.345 e. The maximum Gasteiger partial charge on any atom is 0.239 e. The zero-order valence-electron chi connectivity index (χ0n) is 14.4. The number of thiophene rings is 1. The molecule has 2 N–H and O–H groups in total. The van der Waals surface area contributed by atoms with E-state index in [-0.39, 0.29) is 11.9 Å². The van der Waals surface area contributed by atoms with Gasteiger partial charge in [0.15, 0.2) is 5.96 Å². The molecule has 1 saturated heterocycles. The van der Waals surface area contributed by atoms with Crippen LogP contribution in [-0.2, 0) is 10.3 Å². The maximum atomic E-state index is 13.1. The number of hydrogen-bond donors (Lipinski definition) is 2. The largest absolute Gasteiger partial charge is 0.345 e. The number of allylic oxidation sites excluding steroid dienone is 1. The van der Waals surface area contributed by atoms with Crippen LogP contribution < -0.4 is 5.32 Å². The molecule has 1 amide bonds. The third kappa shape index (κ3) is 3.04. The Hall–Kier alpha value is -1.92.